The van der Waals surface area contributed by atoms with E-state index in [4.69, 9.17) is 5.11 Å². The van der Waals surface area contributed by atoms with Crippen molar-refractivity contribution in [1.29, 1.82) is 0 Å². The number of nitrogens with one attached hydrogen (secondary N) is 1. The smallest absolute Gasteiger partial charge is 0.326 e. The van der Waals surface area contributed by atoms with E-state index < -0.39 is 23.9 Å². The highest BCUT2D eigenvalue weighted by atomic mass is 19.1. The molecule has 110 valence electrons. The number of hydrogen-bond acceptors (Lipinski definition) is 2. The van der Waals surface area contributed by atoms with Crippen LogP contribution in [0, 0.1) is 11.7 Å². The van der Waals surface area contributed by atoms with Crippen LogP contribution in [0.3, 0.4) is 0 Å². The van der Waals surface area contributed by atoms with E-state index in [-0.39, 0.29) is 5.92 Å². The van der Waals surface area contributed by atoms with Crippen molar-refractivity contribution in [1.82, 2.24) is 5.32 Å². The average Bonchev–Trinajstić information content (AvgIpc) is 2.42. The van der Waals surface area contributed by atoms with Crippen molar-refractivity contribution in [2.24, 2.45) is 5.92 Å². The third-order valence-corrected chi connectivity index (χ3v) is 3.26. The summed E-state index contributed by atoms with van der Waals surface area (Å²) < 4.78 is 13.1. The zero-order valence-corrected chi connectivity index (χ0v) is 11.8. The van der Waals surface area contributed by atoms with E-state index in [1.165, 1.54) is 30.1 Å². The number of carboxylic acid groups (broad SMARTS) is 1. The van der Waals surface area contributed by atoms with Gasteiger partial charge in [-0.15, -0.1) is 0 Å². The number of amides is 2. The highest BCUT2D eigenvalue weighted by molar-refractivity contribution is 5.94. The van der Waals surface area contributed by atoms with Crippen LogP contribution in [-0.4, -0.2) is 30.2 Å². The van der Waals surface area contributed by atoms with Crippen LogP contribution in [0.15, 0.2) is 24.3 Å². The van der Waals surface area contributed by atoms with Crippen molar-refractivity contribution < 1.29 is 19.1 Å². The van der Waals surface area contributed by atoms with Crippen molar-refractivity contribution in [3.05, 3.63) is 30.1 Å². The molecule has 0 aromatic heterocycles. The van der Waals surface area contributed by atoms with Gasteiger partial charge in [0.2, 0.25) is 0 Å². The average molecular weight is 282 g/mol. The second kappa shape index (κ2) is 6.88. The lowest BCUT2D eigenvalue weighted by atomic mass is 9.99. The molecule has 0 radical (unpaired) electrons. The summed E-state index contributed by atoms with van der Waals surface area (Å²) >= 11 is 0. The molecular formula is C14H19FN2O3. The van der Waals surface area contributed by atoms with Gasteiger partial charge < -0.3 is 10.4 Å². The molecular weight excluding hydrogens is 263 g/mol. The van der Waals surface area contributed by atoms with Crippen LogP contribution in [-0.2, 0) is 4.79 Å². The minimum absolute atomic E-state index is 0.197. The third kappa shape index (κ3) is 3.94. The Morgan fingerprint density at radius 1 is 1.45 bits per heavy atom. The second-order valence-electron chi connectivity index (χ2n) is 4.69. The molecule has 2 atom stereocenters. The second-order valence-corrected chi connectivity index (χ2v) is 4.69. The van der Waals surface area contributed by atoms with Gasteiger partial charge in [-0.2, -0.15) is 0 Å². The van der Waals surface area contributed by atoms with Gasteiger partial charge in [-0.1, -0.05) is 26.3 Å². The summed E-state index contributed by atoms with van der Waals surface area (Å²) in [7, 11) is 1.46. The molecule has 1 rings (SSSR count). The van der Waals surface area contributed by atoms with Crippen molar-refractivity contribution in [2.75, 3.05) is 11.9 Å². The summed E-state index contributed by atoms with van der Waals surface area (Å²) in [6, 6.07) is 3.99. The van der Waals surface area contributed by atoms with Gasteiger partial charge in [0.15, 0.2) is 0 Å². The minimum atomic E-state index is -1.08. The van der Waals surface area contributed by atoms with E-state index in [2.05, 4.69) is 5.32 Å². The van der Waals surface area contributed by atoms with Crippen molar-refractivity contribution in [3.8, 4) is 0 Å². The Morgan fingerprint density at radius 2 is 2.10 bits per heavy atom. The molecule has 5 nitrogen and oxygen atoms in total. The Hall–Kier alpha value is -2.11. The molecule has 2 N–H and O–H groups in total. The zero-order chi connectivity index (χ0) is 15.3. The van der Waals surface area contributed by atoms with Crippen LogP contribution in [0.4, 0.5) is 14.9 Å². The largest absolute Gasteiger partial charge is 0.480 e. The summed E-state index contributed by atoms with van der Waals surface area (Å²) in [5.41, 5.74) is 0.357. The predicted octanol–water partition coefficient (Wildman–Crippen LogP) is 2.47. The maximum atomic E-state index is 13.1. The topological polar surface area (TPSA) is 69.6 Å². The van der Waals surface area contributed by atoms with Gasteiger partial charge in [0, 0.05) is 12.7 Å². The molecule has 0 aliphatic heterocycles. The number of halogens is 1. The summed E-state index contributed by atoms with van der Waals surface area (Å²) in [5, 5.41) is 11.6. The molecule has 0 bridgehead atoms. The van der Waals surface area contributed by atoms with E-state index >= 15 is 0 Å². The van der Waals surface area contributed by atoms with E-state index in [1.807, 2.05) is 6.92 Å². The number of carbonyl (C=O) groups is 2. The quantitative estimate of drug-likeness (QED) is 0.871. The molecule has 0 heterocycles. The van der Waals surface area contributed by atoms with Gasteiger partial charge in [0.05, 0.1) is 0 Å². The van der Waals surface area contributed by atoms with Gasteiger partial charge in [-0.05, 0) is 24.1 Å². The first-order chi connectivity index (χ1) is 9.36. The molecule has 0 saturated heterocycles. The lowest BCUT2D eigenvalue weighted by molar-refractivity contribution is -0.140. The summed E-state index contributed by atoms with van der Waals surface area (Å²) in [6.45, 7) is 3.60. The Labute approximate surface area is 117 Å². The van der Waals surface area contributed by atoms with Crippen LogP contribution in [0.5, 0.6) is 0 Å². The van der Waals surface area contributed by atoms with Crippen LogP contribution in [0.1, 0.15) is 20.3 Å². The Morgan fingerprint density at radius 3 is 2.60 bits per heavy atom. The molecule has 0 aliphatic rings. The van der Waals surface area contributed by atoms with Crippen LogP contribution in [0.25, 0.3) is 0 Å². The van der Waals surface area contributed by atoms with Gasteiger partial charge in [0.25, 0.3) is 0 Å². The molecule has 20 heavy (non-hydrogen) atoms. The Kier molecular flexibility index (Phi) is 5.49. The van der Waals surface area contributed by atoms with E-state index in [9.17, 15) is 14.0 Å². The monoisotopic (exact) mass is 282 g/mol. The zero-order valence-electron chi connectivity index (χ0n) is 11.8. The highest BCUT2D eigenvalue weighted by Crippen LogP contribution is 2.15. The van der Waals surface area contributed by atoms with Crippen molar-refractivity contribution >= 4 is 17.7 Å². The molecule has 0 saturated carbocycles. The van der Waals surface area contributed by atoms with Crippen LogP contribution in [0.2, 0.25) is 0 Å². The number of hydrogen-bond donors (Lipinski definition) is 2. The minimum Gasteiger partial charge on any atom is -0.480 e. The normalized spacial score (nSPS) is 13.4. The van der Waals surface area contributed by atoms with E-state index in [1.54, 1.807) is 13.0 Å². The molecule has 6 heteroatoms. The fourth-order valence-corrected chi connectivity index (χ4v) is 1.71. The van der Waals surface area contributed by atoms with Gasteiger partial charge in [-0.3, -0.25) is 4.90 Å². The number of anilines is 1. The van der Waals surface area contributed by atoms with Gasteiger partial charge in [-0.25, -0.2) is 14.0 Å². The number of urea groups is 1. The maximum Gasteiger partial charge on any atom is 0.326 e. The fraction of sp³-hybridized carbons (Fsp3) is 0.429. The first-order valence-corrected chi connectivity index (χ1v) is 6.39. The van der Waals surface area contributed by atoms with Crippen LogP contribution >= 0.6 is 0 Å². The highest BCUT2D eigenvalue weighted by Gasteiger charge is 2.26. The van der Waals surface area contributed by atoms with Gasteiger partial charge in [0.1, 0.15) is 11.9 Å². The molecule has 0 fully saturated rings. The molecule has 1 aromatic rings. The first kappa shape index (κ1) is 15.9. The molecule has 2 amide bonds. The molecule has 0 spiro atoms. The Bertz CT molecular complexity index is 493. The Balaban J connectivity index is 2.81. The van der Waals surface area contributed by atoms with E-state index in [0.717, 1.165) is 0 Å². The predicted molar refractivity (Wildman–Crippen MR) is 74.2 cm³/mol. The molecule has 0 unspecified atom stereocenters. The molecule has 1 aromatic carbocycles. The number of benzene rings is 1. The summed E-state index contributed by atoms with van der Waals surface area (Å²) in [4.78, 5) is 24.4. The van der Waals surface area contributed by atoms with E-state index in [0.29, 0.717) is 12.1 Å². The van der Waals surface area contributed by atoms with Gasteiger partial charge >= 0.3 is 12.0 Å². The first-order valence-electron chi connectivity index (χ1n) is 6.39. The van der Waals surface area contributed by atoms with Crippen LogP contribution < -0.4 is 10.2 Å². The number of carbonyl (C=O) groups excluding carboxylic acids is 1. The molecule has 0 aliphatic carbocycles. The fourth-order valence-electron chi connectivity index (χ4n) is 1.71. The number of carboxylic acids is 1. The maximum absolute atomic E-state index is 13.1. The van der Waals surface area contributed by atoms with Crippen molar-refractivity contribution in [3.63, 3.8) is 0 Å². The van der Waals surface area contributed by atoms with Crippen molar-refractivity contribution in [2.45, 2.75) is 26.3 Å². The SMILES string of the molecule is CC[C@H](C)[C@H](NC(=O)N(C)c1cccc(F)c1)C(=O)O. The summed E-state index contributed by atoms with van der Waals surface area (Å²) in [5.74, 6) is -1.74. The lowest BCUT2D eigenvalue weighted by Gasteiger charge is -2.24. The summed E-state index contributed by atoms with van der Waals surface area (Å²) in [6.07, 6.45) is 0.626. The number of aliphatic carboxylic acids is 1. The standard InChI is InChI=1S/C14H19FN2O3/c1-4-9(2)12(13(18)19)16-14(20)17(3)11-7-5-6-10(15)8-11/h5-9,12H,4H2,1-3H3,(H,16,20)(H,18,19)/t9-,12-/m0/s1. The third-order valence-electron chi connectivity index (χ3n) is 3.26. The number of rotatable bonds is 5. The number of nitrogens with zero attached hydrogens (tertiary/aromatic N) is 1. The lowest BCUT2D eigenvalue weighted by Crippen LogP contribution is -2.49.